The second-order valence-corrected chi connectivity index (χ2v) is 3.81. The van der Waals surface area contributed by atoms with Crippen LogP contribution in [0.15, 0.2) is 43.0 Å². The fraction of sp³-hybridized carbons (Fsp3) is 0.0833. The summed E-state index contributed by atoms with van der Waals surface area (Å²) in [6, 6.07) is 10.1. The predicted molar refractivity (Wildman–Crippen MR) is 63.8 cm³/mol. The molecule has 0 saturated carbocycles. The Morgan fingerprint density at radius 3 is 2.71 bits per heavy atom. The number of benzene rings is 1. The first-order valence-corrected chi connectivity index (χ1v) is 5.30. The molecule has 3 rings (SSSR count). The number of hydrogen-bond acceptors (Lipinski definition) is 4. The lowest BCUT2D eigenvalue weighted by Crippen LogP contribution is -2.15. The Balaban J connectivity index is 2.02. The molecule has 0 amide bonds. The number of nitrogens with zero attached hydrogens (tertiary/aromatic N) is 4. The van der Waals surface area contributed by atoms with Gasteiger partial charge >= 0.3 is 0 Å². The van der Waals surface area contributed by atoms with Gasteiger partial charge in [0.2, 0.25) is 0 Å². The molecule has 5 nitrogen and oxygen atoms in total. The smallest absolute Gasteiger partial charge is 0.181 e. The topological polar surface area (TPSA) is 69.6 Å². The van der Waals surface area contributed by atoms with Crippen LogP contribution in [0.3, 0.4) is 0 Å². The molecule has 2 heterocycles. The third-order valence-electron chi connectivity index (χ3n) is 2.65. The Labute approximate surface area is 98.3 Å². The van der Waals surface area contributed by atoms with Gasteiger partial charge in [0.05, 0.1) is 5.69 Å². The first kappa shape index (κ1) is 9.77. The molecule has 2 aliphatic rings. The normalized spacial score (nSPS) is 10.8. The largest absolute Gasteiger partial charge is 0.336 e. The molecule has 0 fully saturated rings. The Morgan fingerprint density at radius 1 is 1.06 bits per heavy atom. The van der Waals surface area contributed by atoms with Crippen LogP contribution < -0.4 is 5.84 Å². The number of aromatic nitrogens is 4. The number of fused-ring (bicyclic) bond motifs is 1. The molecular weight excluding hydrogens is 214 g/mol. The highest BCUT2D eigenvalue weighted by Gasteiger charge is 2.15. The molecule has 0 aliphatic carbocycles. The highest BCUT2D eigenvalue weighted by molar-refractivity contribution is 5.55. The van der Waals surface area contributed by atoms with Crippen molar-refractivity contribution in [2.75, 3.05) is 5.84 Å². The van der Waals surface area contributed by atoms with Crippen molar-refractivity contribution in [2.45, 2.75) is 6.42 Å². The third kappa shape index (κ3) is 1.71. The van der Waals surface area contributed by atoms with Gasteiger partial charge < -0.3 is 5.84 Å². The van der Waals surface area contributed by atoms with Gasteiger partial charge in [-0.15, -0.1) is 0 Å². The van der Waals surface area contributed by atoms with Crippen LogP contribution in [0, 0.1) is 0 Å². The molecule has 17 heavy (non-hydrogen) atoms. The molecule has 0 radical (unpaired) electrons. The summed E-state index contributed by atoms with van der Waals surface area (Å²) in [6.45, 7) is 0. The third-order valence-corrected chi connectivity index (χ3v) is 2.65. The van der Waals surface area contributed by atoms with Crippen molar-refractivity contribution in [3.63, 3.8) is 0 Å². The minimum Gasteiger partial charge on any atom is -0.336 e. The van der Waals surface area contributed by atoms with E-state index in [9.17, 15) is 0 Å². The maximum atomic E-state index is 5.71. The van der Waals surface area contributed by atoms with Crippen molar-refractivity contribution in [3.8, 4) is 11.5 Å². The van der Waals surface area contributed by atoms with E-state index in [2.05, 4.69) is 27.1 Å². The van der Waals surface area contributed by atoms with Crippen LogP contribution >= 0.6 is 0 Å². The van der Waals surface area contributed by atoms with E-state index in [1.807, 2.05) is 18.2 Å². The molecule has 0 atom stereocenters. The molecule has 5 heteroatoms. The zero-order valence-electron chi connectivity index (χ0n) is 9.11. The number of hydrogen-bond donors (Lipinski definition) is 1. The summed E-state index contributed by atoms with van der Waals surface area (Å²) in [6.07, 6.45) is 3.80. The van der Waals surface area contributed by atoms with Crippen molar-refractivity contribution in [1.82, 2.24) is 19.6 Å². The zero-order chi connectivity index (χ0) is 11.7. The summed E-state index contributed by atoms with van der Waals surface area (Å²) in [5, 5.41) is 0. The Bertz CT molecular complexity index is 602. The van der Waals surface area contributed by atoms with Crippen LogP contribution in [0.5, 0.6) is 0 Å². The lowest BCUT2D eigenvalue weighted by atomic mass is 10.1. The lowest BCUT2D eigenvalue weighted by molar-refractivity contribution is 0.884. The first-order chi connectivity index (χ1) is 8.34. The van der Waals surface area contributed by atoms with E-state index in [0.717, 1.165) is 17.8 Å². The van der Waals surface area contributed by atoms with Crippen LogP contribution in [0.2, 0.25) is 0 Å². The van der Waals surface area contributed by atoms with Gasteiger partial charge in [-0.05, 0) is 5.56 Å². The molecular formula is C12H11N5. The van der Waals surface area contributed by atoms with Gasteiger partial charge in [0.15, 0.2) is 5.82 Å². The Hall–Kier alpha value is -2.43. The fourth-order valence-electron chi connectivity index (χ4n) is 1.82. The Morgan fingerprint density at radius 2 is 1.88 bits per heavy atom. The van der Waals surface area contributed by atoms with E-state index >= 15 is 0 Å². The maximum Gasteiger partial charge on any atom is 0.181 e. The second kappa shape index (κ2) is 3.86. The van der Waals surface area contributed by atoms with Gasteiger partial charge in [-0.2, -0.15) is 0 Å². The lowest BCUT2D eigenvalue weighted by Gasteiger charge is -2.08. The van der Waals surface area contributed by atoms with Gasteiger partial charge in [0, 0.05) is 6.42 Å². The zero-order valence-corrected chi connectivity index (χ0v) is 9.11. The highest BCUT2D eigenvalue weighted by Crippen LogP contribution is 2.20. The summed E-state index contributed by atoms with van der Waals surface area (Å²) >= 11 is 0. The van der Waals surface area contributed by atoms with Crippen LogP contribution in [-0.4, -0.2) is 19.6 Å². The average Bonchev–Trinajstić information content (AvgIpc) is 2.84. The summed E-state index contributed by atoms with van der Waals surface area (Å²) in [5.41, 5.74) is 2.85. The predicted octanol–water partition coefficient (Wildman–Crippen LogP) is 1.08. The molecule has 0 spiro atoms. The van der Waals surface area contributed by atoms with Crippen LogP contribution in [-0.2, 0) is 6.42 Å². The Kier molecular flexibility index (Phi) is 2.22. The van der Waals surface area contributed by atoms with E-state index in [1.165, 1.54) is 16.6 Å². The molecule has 1 aromatic carbocycles. The maximum absolute atomic E-state index is 5.71. The number of imidazole rings is 1. The van der Waals surface area contributed by atoms with Crippen molar-refractivity contribution < 1.29 is 0 Å². The summed E-state index contributed by atoms with van der Waals surface area (Å²) in [4.78, 5) is 12.6. The summed E-state index contributed by atoms with van der Waals surface area (Å²) < 4.78 is 1.39. The standard InChI is InChI=1S/C12H11N5/c13-17-8-16-10(11-12(17)15-7-14-11)6-9-4-2-1-3-5-9/h1-5,7-8H,6,13H2. The molecule has 0 aromatic heterocycles. The van der Waals surface area contributed by atoms with Gasteiger partial charge in [-0.25, -0.2) is 19.6 Å². The molecule has 84 valence electrons. The van der Waals surface area contributed by atoms with Gasteiger partial charge in [-0.1, -0.05) is 30.3 Å². The van der Waals surface area contributed by atoms with E-state index < -0.39 is 0 Å². The molecule has 0 unspecified atom stereocenters. The van der Waals surface area contributed by atoms with E-state index in [1.54, 1.807) is 6.33 Å². The molecule has 0 bridgehead atoms. The number of nitrogens with two attached hydrogens (primary N) is 1. The minimum atomic E-state index is 0.658. The van der Waals surface area contributed by atoms with Crippen molar-refractivity contribution in [2.24, 2.45) is 0 Å². The highest BCUT2D eigenvalue weighted by atomic mass is 15.3. The van der Waals surface area contributed by atoms with Crippen LogP contribution in [0.25, 0.3) is 11.5 Å². The van der Waals surface area contributed by atoms with E-state index in [4.69, 9.17) is 5.84 Å². The SMILES string of the molecule is Nn1cnc(Cc2ccccc2)c2ncnc1-2. The van der Waals surface area contributed by atoms with E-state index in [-0.39, 0.29) is 0 Å². The molecule has 1 aromatic rings. The summed E-state index contributed by atoms with van der Waals surface area (Å²) in [5.74, 6) is 6.37. The summed E-state index contributed by atoms with van der Waals surface area (Å²) in [7, 11) is 0. The van der Waals surface area contributed by atoms with Gasteiger partial charge in [0.25, 0.3) is 0 Å². The van der Waals surface area contributed by atoms with Gasteiger partial charge in [0.1, 0.15) is 18.3 Å². The van der Waals surface area contributed by atoms with Crippen molar-refractivity contribution in [3.05, 3.63) is 54.2 Å². The quantitative estimate of drug-likeness (QED) is 0.662. The first-order valence-electron chi connectivity index (χ1n) is 5.30. The van der Waals surface area contributed by atoms with Crippen molar-refractivity contribution in [1.29, 1.82) is 0 Å². The molecule has 2 N–H and O–H groups in total. The second-order valence-electron chi connectivity index (χ2n) is 3.81. The van der Waals surface area contributed by atoms with Crippen LogP contribution in [0.4, 0.5) is 0 Å². The number of nitrogen functional groups attached to an aromatic ring is 1. The molecule has 0 saturated heterocycles. The fourth-order valence-corrected chi connectivity index (χ4v) is 1.82. The monoisotopic (exact) mass is 225 g/mol. The average molecular weight is 225 g/mol. The van der Waals surface area contributed by atoms with Gasteiger partial charge in [-0.3, -0.25) is 0 Å². The minimum absolute atomic E-state index is 0.658. The van der Waals surface area contributed by atoms with Crippen molar-refractivity contribution >= 4 is 0 Å². The van der Waals surface area contributed by atoms with E-state index in [0.29, 0.717) is 5.82 Å². The van der Waals surface area contributed by atoms with Crippen LogP contribution in [0.1, 0.15) is 11.3 Å². The molecule has 2 aliphatic heterocycles. The number of rotatable bonds is 2.